The van der Waals surface area contributed by atoms with E-state index in [0.29, 0.717) is 5.45 Å². The molecular weight excluding hydrogens is 240 g/mol. The fourth-order valence-corrected chi connectivity index (χ4v) is 1.18. The SMILES string of the molecule is C=N/C(=C\C=N/CBr)c1ccccc1. The smallest absolute Gasteiger partial charge is 0.0940 e. The molecule has 0 saturated heterocycles. The third-order valence-electron chi connectivity index (χ3n) is 1.65. The fraction of sp³-hybridized carbons (Fsp3) is 0.0909. The molecule has 1 aromatic rings. The highest BCUT2D eigenvalue weighted by molar-refractivity contribution is 9.09. The number of alkyl halides is 1. The third-order valence-corrected chi connectivity index (χ3v) is 1.94. The summed E-state index contributed by atoms with van der Waals surface area (Å²) in [4.78, 5) is 7.95. The molecule has 1 rings (SSSR count). The number of nitrogens with zero attached hydrogens (tertiary/aromatic N) is 2. The van der Waals surface area contributed by atoms with Gasteiger partial charge in [-0.1, -0.05) is 46.3 Å². The predicted octanol–water partition coefficient (Wildman–Crippen LogP) is 3.15. The molecule has 0 aromatic heterocycles. The Morgan fingerprint density at radius 1 is 1.36 bits per heavy atom. The third kappa shape index (κ3) is 3.26. The molecule has 72 valence electrons. The van der Waals surface area contributed by atoms with Crippen molar-refractivity contribution in [2.75, 3.05) is 5.45 Å². The highest BCUT2D eigenvalue weighted by Gasteiger charge is 1.94. The van der Waals surface area contributed by atoms with Crippen LogP contribution in [0.4, 0.5) is 0 Å². The Hall–Kier alpha value is -1.22. The second-order valence-electron chi connectivity index (χ2n) is 2.53. The molecule has 14 heavy (non-hydrogen) atoms. The number of hydrogen-bond donors (Lipinski definition) is 0. The van der Waals surface area contributed by atoms with Gasteiger partial charge in [0.1, 0.15) is 0 Å². The van der Waals surface area contributed by atoms with Gasteiger partial charge in [-0.15, -0.1) is 0 Å². The van der Waals surface area contributed by atoms with Crippen molar-refractivity contribution >= 4 is 34.6 Å². The van der Waals surface area contributed by atoms with Gasteiger partial charge < -0.3 is 0 Å². The van der Waals surface area contributed by atoms with Crippen LogP contribution in [0.1, 0.15) is 5.56 Å². The van der Waals surface area contributed by atoms with E-state index in [1.165, 1.54) is 0 Å². The molecule has 0 atom stereocenters. The van der Waals surface area contributed by atoms with E-state index in [0.717, 1.165) is 11.3 Å². The fourth-order valence-electron chi connectivity index (χ4n) is 1.01. The van der Waals surface area contributed by atoms with Crippen LogP contribution >= 0.6 is 15.9 Å². The maximum absolute atomic E-state index is 4.01. The van der Waals surface area contributed by atoms with Crippen LogP contribution in [-0.4, -0.2) is 18.4 Å². The average molecular weight is 251 g/mol. The summed E-state index contributed by atoms with van der Waals surface area (Å²) < 4.78 is 0. The highest BCUT2D eigenvalue weighted by Crippen LogP contribution is 2.13. The summed E-state index contributed by atoms with van der Waals surface area (Å²) >= 11 is 3.20. The van der Waals surface area contributed by atoms with Gasteiger partial charge >= 0.3 is 0 Å². The molecule has 0 saturated carbocycles. The van der Waals surface area contributed by atoms with Crippen molar-refractivity contribution in [3.63, 3.8) is 0 Å². The number of benzene rings is 1. The van der Waals surface area contributed by atoms with E-state index < -0.39 is 0 Å². The second kappa shape index (κ2) is 6.27. The topological polar surface area (TPSA) is 24.7 Å². The van der Waals surface area contributed by atoms with Gasteiger partial charge in [-0.25, -0.2) is 0 Å². The summed E-state index contributed by atoms with van der Waals surface area (Å²) in [5, 5.41) is 0. The van der Waals surface area contributed by atoms with Crippen LogP contribution in [0, 0.1) is 0 Å². The summed E-state index contributed by atoms with van der Waals surface area (Å²) in [6, 6.07) is 9.88. The first-order valence-electron chi connectivity index (χ1n) is 4.16. The van der Waals surface area contributed by atoms with Crippen molar-refractivity contribution < 1.29 is 0 Å². The largest absolute Gasteiger partial charge is 0.282 e. The minimum atomic E-state index is 0.600. The minimum Gasteiger partial charge on any atom is -0.282 e. The van der Waals surface area contributed by atoms with Crippen LogP contribution in [-0.2, 0) is 0 Å². The van der Waals surface area contributed by atoms with Gasteiger partial charge in [0.15, 0.2) is 0 Å². The Kier molecular flexibility index (Phi) is 4.86. The lowest BCUT2D eigenvalue weighted by molar-refractivity contribution is 1.42. The highest BCUT2D eigenvalue weighted by atomic mass is 79.9. The maximum Gasteiger partial charge on any atom is 0.0940 e. The summed E-state index contributed by atoms with van der Waals surface area (Å²) in [6.45, 7) is 3.52. The molecule has 0 radical (unpaired) electrons. The zero-order valence-electron chi connectivity index (χ0n) is 7.73. The Morgan fingerprint density at radius 3 is 2.64 bits per heavy atom. The van der Waals surface area contributed by atoms with Crippen molar-refractivity contribution in [1.82, 2.24) is 0 Å². The van der Waals surface area contributed by atoms with Crippen molar-refractivity contribution in [3.8, 4) is 0 Å². The van der Waals surface area contributed by atoms with E-state index in [1.807, 2.05) is 36.4 Å². The van der Waals surface area contributed by atoms with Crippen molar-refractivity contribution in [1.29, 1.82) is 0 Å². The lowest BCUT2D eigenvalue weighted by atomic mass is 10.1. The number of aliphatic imine (C=N–C) groups is 2. The van der Waals surface area contributed by atoms with E-state index in [4.69, 9.17) is 0 Å². The first-order chi connectivity index (χ1) is 6.88. The van der Waals surface area contributed by atoms with Gasteiger partial charge in [0.05, 0.1) is 11.2 Å². The molecule has 0 heterocycles. The molecule has 0 aliphatic carbocycles. The van der Waals surface area contributed by atoms with Crippen LogP contribution in [0.25, 0.3) is 5.70 Å². The number of hydrogen-bond acceptors (Lipinski definition) is 2. The van der Waals surface area contributed by atoms with E-state index in [1.54, 1.807) is 6.21 Å². The zero-order chi connectivity index (χ0) is 10.2. The van der Waals surface area contributed by atoms with E-state index in [-0.39, 0.29) is 0 Å². The molecule has 0 unspecified atom stereocenters. The first-order valence-corrected chi connectivity index (χ1v) is 5.29. The van der Waals surface area contributed by atoms with E-state index >= 15 is 0 Å². The van der Waals surface area contributed by atoms with Crippen LogP contribution in [0.5, 0.6) is 0 Å². The molecule has 0 N–H and O–H groups in total. The van der Waals surface area contributed by atoms with Crippen LogP contribution in [0.15, 0.2) is 46.4 Å². The van der Waals surface area contributed by atoms with Gasteiger partial charge in [-0.2, -0.15) is 0 Å². The number of allylic oxidation sites excluding steroid dienone is 1. The van der Waals surface area contributed by atoms with E-state index in [9.17, 15) is 0 Å². The summed E-state index contributed by atoms with van der Waals surface area (Å²) in [6.07, 6.45) is 3.55. The zero-order valence-corrected chi connectivity index (χ0v) is 9.31. The second-order valence-corrected chi connectivity index (χ2v) is 3.03. The molecule has 1 aromatic carbocycles. The van der Waals surface area contributed by atoms with Crippen LogP contribution in [0.2, 0.25) is 0 Å². The molecule has 0 bridgehead atoms. The Balaban J connectivity index is 2.87. The monoisotopic (exact) mass is 250 g/mol. The normalized spacial score (nSPS) is 11.9. The molecule has 0 aliphatic rings. The van der Waals surface area contributed by atoms with Crippen molar-refractivity contribution in [2.45, 2.75) is 0 Å². The van der Waals surface area contributed by atoms with Gasteiger partial charge in [0, 0.05) is 11.8 Å². The molecule has 0 spiro atoms. The van der Waals surface area contributed by atoms with Gasteiger partial charge in [-0.3, -0.25) is 9.98 Å². The molecule has 0 aliphatic heterocycles. The maximum atomic E-state index is 4.01. The Bertz CT molecular complexity index is 342. The average Bonchev–Trinajstić information content (AvgIpc) is 2.26. The minimum absolute atomic E-state index is 0.600. The molecule has 0 amide bonds. The van der Waals surface area contributed by atoms with Crippen LogP contribution in [0.3, 0.4) is 0 Å². The molecule has 2 nitrogen and oxygen atoms in total. The quantitative estimate of drug-likeness (QED) is 0.446. The Labute approximate surface area is 92.2 Å². The van der Waals surface area contributed by atoms with Gasteiger partial charge in [0.25, 0.3) is 0 Å². The summed E-state index contributed by atoms with van der Waals surface area (Å²) in [5.74, 6) is 0. The predicted molar refractivity (Wildman–Crippen MR) is 66.3 cm³/mol. The summed E-state index contributed by atoms with van der Waals surface area (Å²) in [5.41, 5.74) is 2.47. The van der Waals surface area contributed by atoms with Crippen LogP contribution < -0.4 is 0 Å². The van der Waals surface area contributed by atoms with E-state index in [2.05, 4.69) is 32.6 Å². The molecular formula is C11H11BrN2. The van der Waals surface area contributed by atoms with Gasteiger partial charge in [0.2, 0.25) is 0 Å². The first kappa shape index (κ1) is 10.9. The van der Waals surface area contributed by atoms with Crippen molar-refractivity contribution in [3.05, 3.63) is 42.0 Å². The molecule has 0 fully saturated rings. The van der Waals surface area contributed by atoms with Crippen molar-refractivity contribution in [2.24, 2.45) is 9.98 Å². The number of halogens is 1. The van der Waals surface area contributed by atoms with Gasteiger partial charge in [-0.05, 0) is 12.8 Å². The lowest BCUT2D eigenvalue weighted by Gasteiger charge is -1.98. The summed E-state index contributed by atoms with van der Waals surface area (Å²) in [7, 11) is 0. The standard InChI is InChI=1S/C11H11BrN2/c1-13-11(7-8-14-9-12)10-5-3-2-4-6-10/h2-8H,1,9H2/b11-7-,14-8-. The number of rotatable bonds is 4. The lowest BCUT2D eigenvalue weighted by Crippen LogP contribution is -1.80. The Morgan fingerprint density at radius 2 is 2.07 bits per heavy atom. The molecule has 3 heteroatoms.